The Balaban J connectivity index is 1.28. The van der Waals surface area contributed by atoms with E-state index in [1.54, 1.807) is 0 Å². The first-order valence-corrected chi connectivity index (χ1v) is 18.7. The maximum atomic E-state index is 2.44. The zero-order chi connectivity index (χ0) is 35.4. The lowest BCUT2D eigenvalue weighted by atomic mass is 9.68. The summed E-state index contributed by atoms with van der Waals surface area (Å²) in [5.41, 5.74) is 17.7. The van der Waals surface area contributed by atoms with Crippen LogP contribution in [0, 0.1) is 20.8 Å². The third kappa shape index (κ3) is 4.02. The van der Waals surface area contributed by atoms with E-state index in [1.165, 1.54) is 105 Å². The van der Waals surface area contributed by atoms with Gasteiger partial charge in [-0.25, -0.2) is 0 Å². The summed E-state index contributed by atoms with van der Waals surface area (Å²) in [4.78, 5) is 2.44. The van der Waals surface area contributed by atoms with Gasteiger partial charge in [-0.1, -0.05) is 140 Å². The Morgan fingerprint density at radius 2 is 0.981 bits per heavy atom. The van der Waals surface area contributed by atoms with Gasteiger partial charge in [0.05, 0.1) is 5.41 Å². The lowest BCUT2D eigenvalue weighted by molar-refractivity contribution is 0.809. The summed E-state index contributed by atoms with van der Waals surface area (Å²) >= 11 is 0. The van der Waals surface area contributed by atoms with Crippen LogP contribution in [0.15, 0.2) is 170 Å². The molecule has 0 amide bonds. The second kappa shape index (κ2) is 11.0. The molecule has 0 bridgehead atoms. The predicted octanol–water partition coefficient (Wildman–Crippen LogP) is 13.9. The highest BCUT2D eigenvalue weighted by Crippen LogP contribution is 2.66. The molecule has 1 spiro atoms. The SMILES string of the molecule is Cc1cc(C)cc(N(c2ccc3c4c(ccc3c2)-c2c(c3ccccc3c3ccccc23)C42c3ccccc3-c3ccccc32)c2ccccc2C)c1. The fourth-order valence-electron chi connectivity index (χ4n) is 10.1. The van der Waals surface area contributed by atoms with Gasteiger partial charge in [0, 0.05) is 17.1 Å². The van der Waals surface area contributed by atoms with Gasteiger partial charge in [-0.3, -0.25) is 0 Å². The molecule has 9 aromatic carbocycles. The van der Waals surface area contributed by atoms with E-state index in [2.05, 4.69) is 196 Å². The van der Waals surface area contributed by atoms with Crippen molar-refractivity contribution in [2.75, 3.05) is 4.90 Å². The fourth-order valence-corrected chi connectivity index (χ4v) is 10.1. The molecule has 0 atom stereocenters. The van der Waals surface area contributed by atoms with Crippen LogP contribution in [0.3, 0.4) is 0 Å². The highest BCUT2D eigenvalue weighted by Gasteiger charge is 2.53. The van der Waals surface area contributed by atoms with Gasteiger partial charge < -0.3 is 4.90 Å². The molecule has 0 saturated heterocycles. The standard InChI is InChI=1S/C52H37N/c1-32-28-33(2)30-37(29-32)53(48-23-13-4-14-34(48)3)36-25-27-38-35(31-36)24-26-45-49-43-19-7-5-15-39(43)40-16-6-8-20-44(40)51(49)52(50(38)45)46-21-11-9-17-41(46)42-18-10-12-22-47(42)52/h4-31H,1-3H3. The monoisotopic (exact) mass is 675 g/mol. The lowest BCUT2D eigenvalue weighted by Gasteiger charge is -2.33. The molecule has 0 fully saturated rings. The molecule has 0 aromatic heterocycles. The topological polar surface area (TPSA) is 3.24 Å². The Bertz CT molecular complexity index is 2930. The van der Waals surface area contributed by atoms with Crippen LogP contribution in [0.25, 0.3) is 54.6 Å². The van der Waals surface area contributed by atoms with Crippen LogP contribution in [0.2, 0.25) is 0 Å². The summed E-state index contributed by atoms with van der Waals surface area (Å²) in [6.45, 7) is 6.60. The van der Waals surface area contributed by atoms with Gasteiger partial charge in [-0.2, -0.15) is 0 Å². The van der Waals surface area contributed by atoms with Crippen LogP contribution in [0.1, 0.15) is 38.9 Å². The molecule has 11 rings (SSSR count). The Morgan fingerprint density at radius 1 is 0.396 bits per heavy atom. The van der Waals surface area contributed by atoms with Crippen LogP contribution in [0.4, 0.5) is 17.1 Å². The van der Waals surface area contributed by atoms with Crippen molar-refractivity contribution in [2.24, 2.45) is 0 Å². The zero-order valence-electron chi connectivity index (χ0n) is 30.1. The van der Waals surface area contributed by atoms with Crippen LogP contribution in [-0.2, 0) is 5.41 Å². The molecule has 1 heteroatoms. The van der Waals surface area contributed by atoms with E-state index in [1.807, 2.05) is 0 Å². The molecule has 9 aromatic rings. The molecule has 250 valence electrons. The number of benzene rings is 9. The molecule has 0 N–H and O–H groups in total. The number of para-hydroxylation sites is 1. The second-order valence-electron chi connectivity index (χ2n) is 15.0. The molecule has 1 nitrogen and oxygen atoms in total. The van der Waals surface area contributed by atoms with E-state index < -0.39 is 5.41 Å². The van der Waals surface area contributed by atoms with Gasteiger partial charge in [0.15, 0.2) is 0 Å². The van der Waals surface area contributed by atoms with Gasteiger partial charge in [0.2, 0.25) is 0 Å². The van der Waals surface area contributed by atoms with E-state index in [4.69, 9.17) is 0 Å². The van der Waals surface area contributed by atoms with Crippen LogP contribution < -0.4 is 4.90 Å². The van der Waals surface area contributed by atoms with E-state index in [-0.39, 0.29) is 0 Å². The smallest absolute Gasteiger partial charge is 0.0737 e. The van der Waals surface area contributed by atoms with Gasteiger partial charge in [0.1, 0.15) is 0 Å². The molecule has 0 heterocycles. The Kier molecular flexibility index (Phi) is 6.29. The third-order valence-corrected chi connectivity index (χ3v) is 12.0. The van der Waals surface area contributed by atoms with Crippen molar-refractivity contribution in [1.82, 2.24) is 0 Å². The summed E-state index contributed by atoms with van der Waals surface area (Å²) in [6.07, 6.45) is 0. The van der Waals surface area contributed by atoms with Crippen molar-refractivity contribution in [1.29, 1.82) is 0 Å². The van der Waals surface area contributed by atoms with Crippen molar-refractivity contribution >= 4 is 49.4 Å². The van der Waals surface area contributed by atoms with Crippen LogP contribution in [0.5, 0.6) is 0 Å². The number of anilines is 3. The van der Waals surface area contributed by atoms with Crippen molar-refractivity contribution in [3.05, 3.63) is 209 Å². The van der Waals surface area contributed by atoms with Crippen molar-refractivity contribution in [3.8, 4) is 22.3 Å². The molecule has 53 heavy (non-hydrogen) atoms. The van der Waals surface area contributed by atoms with Gasteiger partial charge in [-0.15, -0.1) is 0 Å². The van der Waals surface area contributed by atoms with Gasteiger partial charge >= 0.3 is 0 Å². The minimum absolute atomic E-state index is 0.480. The maximum Gasteiger partial charge on any atom is 0.0737 e. The van der Waals surface area contributed by atoms with E-state index >= 15 is 0 Å². The first-order chi connectivity index (χ1) is 26.0. The minimum atomic E-state index is -0.480. The average Bonchev–Trinajstić information content (AvgIpc) is 3.66. The zero-order valence-corrected chi connectivity index (χ0v) is 30.1. The van der Waals surface area contributed by atoms with E-state index in [0.29, 0.717) is 0 Å². The second-order valence-corrected chi connectivity index (χ2v) is 15.0. The largest absolute Gasteiger partial charge is 0.310 e. The summed E-state index contributed by atoms with van der Waals surface area (Å²) in [5.74, 6) is 0. The predicted molar refractivity (Wildman–Crippen MR) is 224 cm³/mol. The molecular formula is C52H37N. The van der Waals surface area contributed by atoms with E-state index in [9.17, 15) is 0 Å². The van der Waals surface area contributed by atoms with Gasteiger partial charge in [0.25, 0.3) is 0 Å². The summed E-state index contributed by atoms with van der Waals surface area (Å²) < 4.78 is 0. The Hall–Kier alpha value is -6.44. The highest BCUT2D eigenvalue weighted by molar-refractivity contribution is 6.21. The molecular weight excluding hydrogens is 639 g/mol. The first kappa shape index (κ1) is 30.2. The van der Waals surface area contributed by atoms with Crippen LogP contribution >= 0.6 is 0 Å². The van der Waals surface area contributed by atoms with Crippen molar-refractivity contribution in [3.63, 3.8) is 0 Å². The summed E-state index contributed by atoms with van der Waals surface area (Å²) in [6, 6.07) is 64.0. The number of hydrogen-bond donors (Lipinski definition) is 0. The van der Waals surface area contributed by atoms with Gasteiger partial charge in [-0.05, 0) is 145 Å². The van der Waals surface area contributed by atoms with E-state index in [0.717, 1.165) is 5.69 Å². The third-order valence-electron chi connectivity index (χ3n) is 12.0. The number of fused-ring (bicyclic) bond motifs is 17. The summed E-state index contributed by atoms with van der Waals surface area (Å²) in [5, 5.41) is 7.80. The average molecular weight is 676 g/mol. The normalized spacial score (nSPS) is 13.3. The molecule has 2 aliphatic carbocycles. The number of rotatable bonds is 3. The fraction of sp³-hybridized carbons (Fsp3) is 0.0769. The summed E-state index contributed by atoms with van der Waals surface area (Å²) in [7, 11) is 0. The number of hydrogen-bond acceptors (Lipinski definition) is 1. The number of aryl methyl sites for hydroxylation is 3. The molecule has 0 aliphatic heterocycles. The number of nitrogens with zero attached hydrogens (tertiary/aromatic N) is 1. The van der Waals surface area contributed by atoms with Crippen LogP contribution in [-0.4, -0.2) is 0 Å². The quantitative estimate of drug-likeness (QED) is 0.169. The molecule has 0 unspecified atom stereocenters. The molecule has 0 saturated carbocycles. The maximum absolute atomic E-state index is 2.44. The Morgan fingerprint density at radius 3 is 1.68 bits per heavy atom. The van der Waals surface area contributed by atoms with Crippen molar-refractivity contribution < 1.29 is 0 Å². The lowest BCUT2D eigenvalue weighted by Crippen LogP contribution is -2.26. The minimum Gasteiger partial charge on any atom is -0.310 e. The molecule has 2 aliphatic rings. The highest BCUT2D eigenvalue weighted by atomic mass is 15.1. The Labute approximate surface area is 310 Å². The van der Waals surface area contributed by atoms with Crippen molar-refractivity contribution in [2.45, 2.75) is 26.2 Å². The first-order valence-electron chi connectivity index (χ1n) is 18.7. The molecule has 0 radical (unpaired) electrons.